The van der Waals surface area contributed by atoms with Gasteiger partial charge in [0.2, 0.25) is 0 Å². The summed E-state index contributed by atoms with van der Waals surface area (Å²) in [6.07, 6.45) is 0.524. The highest BCUT2D eigenvalue weighted by atomic mass is 16.5. The van der Waals surface area contributed by atoms with Gasteiger partial charge in [-0.15, -0.1) is 0 Å². The van der Waals surface area contributed by atoms with Crippen LogP contribution in [0.2, 0.25) is 0 Å². The highest BCUT2D eigenvalue weighted by Gasteiger charge is 2.50. The molecule has 82 valence electrons. The van der Waals surface area contributed by atoms with Crippen molar-refractivity contribution >= 4 is 5.97 Å². The molecule has 0 spiro atoms. The molecular weight excluding hydrogens is 180 g/mol. The molecule has 0 aromatic carbocycles. The summed E-state index contributed by atoms with van der Waals surface area (Å²) >= 11 is 0. The van der Waals surface area contributed by atoms with Crippen LogP contribution in [0.3, 0.4) is 0 Å². The fourth-order valence-electron chi connectivity index (χ4n) is 2.16. The Morgan fingerprint density at radius 2 is 2.21 bits per heavy atom. The fourth-order valence-corrected chi connectivity index (χ4v) is 2.16. The van der Waals surface area contributed by atoms with Gasteiger partial charge in [-0.1, -0.05) is 20.8 Å². The van der Waals surface area contributed by atoms with Crippen molar-refractivity contribution in [2.24, 2.45) is 17.3 Å². The van der Waals surface area contributed by atoms with Gasteiger partial charge in [0.25, 0.3) is 0 Å². The molecule has 3 atom stereocenters. The first kappa shape index (κ1) is 11.5. The number of hydrogen-bond acceptors (Lipinski definition) is 3. The Hall–Kier alpha value is -0.570. The van der Waals surface area contributed by atoms with Crippen molar-refractivity contribution in [3.05, 3.63) is 0 Å². The maximum Gasteiger partial charge on any atom is 0.309 e. The van der Waals surface area contributed by atoms with Crippen molar-refractivity contribution in [1.82, 2.24) is 0 Å². The Labute approximate surface area is 85.5 Å². The fraction of sp³-hybridized carbons (Fsp3) is 0.909. The lowest BCUT2D eigenvalue weighted by Crippen LogP contribution is -2.52. The van der Waals surface area contributed by atoms with E-state index in [2.05, 4.69) is 0 Å². The Kier molecular flexibility index (Phi) is 3.20. The number of aliphatic hydroxyl groups is 1. The average molecular weight is 200 g/mol. The first-order valence-corrected chi connectivity index (χ1v) is 5.25. The zero-order valence-electron chi connectivity index (χ0n) is 9.41. The molecule has 0 amide bonds. The lowest BCUT2D eigenvalue weighted by atomic mass is 9.58. The van der Waals surface area contributed by atoms with Crippen molar-refractivity contribution in [3.8, 4) is 0 Å². The van der Waals surface area contributed by atoms with Crippen molar-refractivity contribution < 1.29 is 14.6 Å². The number of ether oxygens (including phenoxy) is 1. The lowest BCUT2D eigenvalue weighted by molar-refractivity contribution is -0.165. The highest BCUT2D eigenvalue weighted by Crippen LogP contribution is 2.48. The SMILES string of the molecule is CCOC(=O)C(C)[C@H]1CC(C)(C)[C@@H]1O. The Balaban J connectivity index is 2.48. The maximum atomic E-state index is 11.4. The predicted molar refractivity (Wildman–Crippen MR) is 53.7 cm³/mol. The molecule has 0 aromatic rings. The van der Waals surface area contributed by atoms with E-state index in [-0.39, 0.29) is 29.3 Å². The molecule has 0 heterocycles. The molecule has 0 radical (unpaired) electrons. The molecule has 1 N–H and O–H groups in total. The van der Waals surface area contributed by atoms with Crippen LogP contribution in [0.4, 0.5) is 0 Å². The first-order valence-electron chi connectivity index (χ1n) is 5.25. The zero-order valence-corrected chi connectivity index (χ0v) is 9.41. The minimum atomic E-state index is -0.373. The van der Waals surface area contributed by atoms with Gasteiger partial charge < -0.3 is 9.84 Å². The van der Waals surface area contributed by atoms with E-state index in [0.717, 1.165) is 6.42 Å². The molecule has 1 rings (SSSR count). The molecule has 0 saturated heterocycles. The van der Waals surface area contributed by atoms with Crippen LogP contribution in [0.5, 0.6) is 0 Å². The number of carbonyl (C=O) groups excluding carboxylic acids is 1. The van der Waals surface area contributed by atoms with E-state index < -0.39 is 0 Å². The molecule has 1 fully saturated rings. The second kappa shape index (κ2) is 3.89. The normalized spacial score (nSPS) is 31.8. The number of hydrogen-bond donors (Lipinski definition) is 1. The van der Waals surface area contributed by atoms with Crippen molar-refractivity contribution in [2.45, 2.75) is 40.2 Å². The Bertz CT molecular complexity index is 223. The smallest absolute Gasteiger partial charge is 0.309 e. The molecule has 3 heteroatoms. The van der Waals surface area contributed by atoms with E-state index in [1.54, 1.807) is 6.92 Å². The van der Waals surface area contributed by atoms with E-state index in [1.165, 1.54) is 0 Å². The summed E-state index contributed by atoms with van der Waals surface area (Å²) in [5.41, 5.74) is -0.0363. The van der Waals surface area contributed by atoms with E-state index in [0.29, 0.717) is 6.61 Å². The molecule has 14 heavy (non-hydrogen) atoms. The zero-order chi connectivity index (χ0) is 10.9. The topological polar surface area (TPSA) is 46.5 Å². The van der Waals surface area contributed by atoms with Gasteiger partial charge in [-0.05, 0) is 24.7 Å². The van der Waals surface area contributed by atoms with E-state index in [9.17, 15) is 9.90 Å². The van der Waals surface area contributed by atoms with Crippen molar-refractivity contribution in [1.29, 1.82) is 0 Å². The van der Waals surface area contributed by atoms with Gasteiger partial charge in [0.1, 0.15) is 0 Å². The molecule has 1 saturated carbocycles. The van der Waals surface area contributed by atoms with E-state index in [4.69, 9.17) is 4.74 Å². The molecular formula is C11H20O3. The first-order chi connectivity index (χ1) is 6.40. The third kappa shape index (κ3) is 1.92. The Morgan fingerprint density at radius 3 is 2.57 bits per heavy atom. The number of esters is 1. The number of aliphatic hydroxyl groups excluding tert-OH is 1. The quantitative estimate of drug-likeness (QED) is 0.704. The number of rotatable bonds is 3. The van der Waals surface area contributed by atoms with Gasteiger partial charge in [0.15, 0.2) is 0 Å². The van der Waals surface area contributed by atoms with Crippen LogP contribution < -0.4 is 0 Å². The van der Waals surface area contributed by atoms with Crippen molar-refractivity contribution in [2.75, 3.05) is 6.61 Å². The second-order valence-electron chi connectivity index (χ2n) is 4.84. The Morgan fingerprint density at radius 1 is 1.64 bits per heavy atom. The van der Waals surface area contributed by atoms with Gasteiger partial charge in [-0.3, -0.25) is 4.79 Å². The average Bonchev–Trinajstić information content (AvgIpc) is 2.13. The van der Waals surface area contributed by atoms with Crippen LogP contribution >= 0.6 is 0 Å². The maximum absolute atomic E-state index is 11.4. The lowest BCUT2D eigenvalue weighted by Gasteiger charge is -2.50. The van der Waals surface area contributed by atoms with Gasteiger partial charge in [-0.25, -0.2) is 0 Å². The van der Waals surface area contributed by atoms with E-state index in [1.807, 2.05) is 20.8 Å². The molecule has 1 aliphatic carbocycles. The third-order valence-electron chi connectivity index (χ3n) is 3.27. The van der Waals surface area contributed by atoms with Crippen LogP contribution in [0.1, 0.15) is 34.1 Å². The largest absolute Gasteiger partial charge is 0.466 e. The predicted octanol–water partition coefficient (Wildman–Crippen LogP) is 1.59. The summed E-state index contributed by atoms with van der Waals surface area (Å²) in [7, 11) is 0. The van der Waals surface area contributed by atoms with Gasteiger partial charge in [-0.2, -0.15) is 0 Å². The van der Waals surface area contributed by atoms with Gasteiger partial charge in [0.05, 0.1) is 18.6 Å². The molecule has 0 aliphatic heterocycles. The summed E-state index contributed by atoms with van der Waals surface area (Å²) in [6.45, 7) is 8.08. The summed E-state index contributed by atoms with van der Waals surface area (Å²) in [6, 6.07) is 0. The third-order valence-corrected chi connectivity index (χ3v) is 3.27. The minimum absolute atomic E-state index is 0.0363. The van der Waals surface area contributed by atoms with Crippen LogP contribution in [0, 0.1) is 17.3 Å². The monoisotopic (exact) mass is 200 g/mol. The highest BCUT2D eigenvalue weighted by molar-refractivity contribution is 5.72. The molecule has 3 nitrogen and oxygen atoms in total. The summed E-state index contributed by atoms with van der Waals surface area (Å²) in [4.78, 5) is 11.4. The molecule has 1 unspecified atom stereocenters. The molecule has 0 bridgehead atoms. The van der Waals surface area contributed by atoms with Gasteiger partial charge >= 0.3 is 5.97 Å². The van der Waals surface area contributed by atoms with Gasteiger partial charge in [0, 0.05) is 0 Å². The van der Waals surface area contributed by atoms with Crippen LogP contribution in [0.25, 0.3) is 0 Å². The minimum Gasteiger partial charge on any atom is -0.466 e. The molecule has 0 aromatic heterocycles. The summed E-state index contributed by atoms with van der Waals surface area (Å²) in [5, 5.41) is 9.82. The van der Waals surface area contributed by atoms with Crippen molar-refractivity contribution in [3.63, 3.8) is 0 Å². The second-order valence-corrected chi connectivity index (χ2v) is 4.84. The number of carbonyl (C=O) groups is 1. The summed E-state index contributed by atoms with van der Waals surface area (Å²) < 4.78 is 4.93. The summed E-state index contributed by atoms with van der Waals surface area (Å²) in [5.74, 6) is -0.297. The van der Waals surface area contributed by atoms with Crippen LogP contribution in [-0.2, 0) is 9.53 Å². The molecule has 1 aliphatic rings. The van der Waals surface area contributed by atoms with Crippen LogP contribution in [-0.4, -0.2) is 23.8 Å². The standard InChI is InChI=1S/C11H20O3/c1-5-14-10(13)7(2)8-6-11(3,4)9(8)12/h7-9,12H,5-6H2,1-4H3/t7?,8-,9-/m1/s1. The van der Waals surface area contributed by atoms with E-state index >= 15 is 0 Å². The van der Waals surface area contributed by atoms with Crippen LogP contribution in [0.15, 0.2) is 0 Å².